The lowest BCUT2D eigenvalue weighted by Gasteiger charge is -2.03. The molecule has 0 aliphatic rings. The van der Waals surface area contributed by atoms with E-state index in [2.05, 4.69) is 22.9 Å². The number of unbranched alkanes of at least 4 members (excludes halogenated alkanes) is 2. The van der Waals surface area contributed by atoms with Gasteiger partial charge in [0.25, 0.3) is 0 Å². The standard InChI is InChI=1S/C13H22NO2/c15-11-5-2-8-13-7-1-3-9-14(13)10-4-6-12-16/h1,3,7,9,15-16H,2,4-6,8,10-12H2/q+1. The molecule has 0 amide bonds. The van der Waals surface area contributed by atoms with E-state index in [1.165, 1.54) is 5.69 Å². The van der Waals surface area contributed by atoms with Gasteiger partial charge in [-0.15, -0.1) is 0 Å². The first-order valence-corrected chi connectivity index (χ1v) is 6.07. The molecule has 90 valence electrons. The van der Waals surface area contributed by atoms with Gasteiger partial charge in [0.2, 0.25) is 0 Å². The van der Waals surface area contributed by atoms with E-state index in [4.69, 9.17) is 10.2 Å². The third kappa shape index (κ3) is 4.73. The maximum absolute atomic E-state index is 8.75. The number of rotatable bonds is 8. The van der Waals surface area contributed by atoms with Crippen LogP contribution in [0.3, 0.4) is 0 Å². The van der Waals surface area contributed by atoms with E-state index in [1.54, 1.807) is 0 Å². The number of hydrogen-bond donors (Lipinski definition) is 2. The van der Waals surface area contributed by atoms with E-state index in [-0.39, 0.29) is 13.2 Å². The van der Waals surface area contributed by atoms with E-state index in [0.29, 0.717) is 0 Å². The molecule has 2 N–H and O–H groups in total. The molecule has 0 spiro atoms. The Morgan fingerprint density at radius 2 is 1.69 bits per heavy atom. The summed E-state index contributed by atoms with van der Waals surface area (Å²) in [5.74, 6) is 0. The van der Waals surface area contributed by atoms with Crippen LogP contribution in [-0.4, -0.2) is 23.4 Å². The maximum atomic E-state index is 8.75. The van der Waals surface area contributed by atoms with Gasteiger partial charge in [0.05, 0.1) is 0 Å². The predicted molar refractivity (Wildman–Crippen MR) is 63.0 cm³/mol. The summed E-state index contributed by atoms with van der Waals surface area (Å²) in [7, 11) is 0. The van der Waals surface area contributed by atoms with Gasteiger partial charge < -0.3 is 10.2 Å². The minimum atomic E-state index is 0.271. The first-order chi connectivity index (χ1) is 7.88. The average molecular weight is 224 g/mol. The first-order valence-electron chi connectivity index (χ1n) is 6.07. The average Bonchev–Trinajstić information content (AvgIpc) is 2.32. The van der Waals surface area contributed by atoms with Crippen LogP contribution in [0.5, 0.6) is 0 Å². The van der Waals surface area contributed by atoms with E-state index >= 15 is 0 Å². The quantitative estimate of drug-likeness (QED) is 0.512. The summed E-state index contributed by atoms with van der Waals surface area (Å²) in [5.41, 5.74) is 1.31. The van der Waals surface area contributed by atoms with Crippen LogP contribution < -0.4 is 4.57 Å². The van der Waals surface area contributed by atoms with Crippen molar-refractivity contribution in [3.05, 3.63) is 30.1 Å². The van der Waals surface area contributed by atoms with Gasteiger partial charge in [-0.05, 0) is 19.3 Å². The Morgan fingerprint density at radius 1 is 0.938 bits per heavy atom. The maximum Gasteiger partial charge on any atom is 0.181 e. The van der Waals surface area contributed by atoms with E-state index < -0.39 is 0 Å². The van der Waals surface area contributed by atoms with Crippen molar-refractivity contribution in [2.24, 2.45) is 0 Å². The molecule has 0 aliphatic carbocycles. The van der Waals surface area contributed by atoms with E-state index in [9.17, 15) is 0 Å². The summed E-state index contributed by atoms with van der Waals surface area (Å²) in [4.78, 5) is 0. The van der Waals surface area contributed by atoms with Crippen molar-refractivity contribution in [1.29, 1.82) is 0 Å². The van der Waals surface area contributed by atoms with Crippen LogP contribution in [0.15, 0.2) is 24.4 Å². The fourth-order valence-electron chi connectivity index (χ4n) is 1.77. The second kappa shape index (κ2) is 8.25. The highest BCUT2D eigenvalue weighted by Gasteiger charge is 2.08. The van der Waals surface area contributed by atoms with Crippen molar-refractivity contribution in [2.75, 3.05) is 13.2 Å². The molecule has 0 aliphatic heterocycles. The minimum Gasteiger partial charge on any atom is -0.396 e. The molecular formula is C13H22NO2+. The Hall–Kier alpha value is -0.930. The van der Waals surface area contributed by atoms with Gasteiger partial charge in [-0.1, -0.05) is 6.07 Å². The van der Waals surface area contributed by atoms with Crippen molar-refractivity contribution >= 4 is 0 Å². The largest absolute Gasteiger partial charge is 0.396 e. The first kappa shape index (κ1) is 13.1. The number of aliphatic hydroxyl groups excluding tert-OH is 2. The Kier molecular flexibility index (Phi) is 6.77. The third-order valence-corrected chi connectivity index (χ3v) is 2.68. The van der Waals surface area contributed by atoms with Crippen LogP contribution in [0.25, 0.3) is 0 Å². The van der Waals surface area contributed by atoms with Gasteiger partial charge in [-0.25, -0.2) is 4.57 Å². The van der Waals surface area contributed by atoms with Crippen LogP contribution in [-0.2, 0) is 13.0 Å². The minimum absolute atomic E-state index is 0.271. The molecule has 0 saturated heterocycles. The van der Waals surface area contributed by atoms with Gasteiger partial charge in [0.15, 0.2) is 11.9 Å². The fourth-order valence-corrected chi connectivity index (χ4v) is 1.77. The summed E-state index contributed by atoms with van der Waals surface area (Å²) in [6.07, 6.45) is 6.87. The molecule has 1 rings (SSSR count). The van der Waals surface area contributed by atoms with Crippen LogP contribution in [0.2, 0.25) is 0 Å². The predicted octanol–water partition coefficient (Wildman–Crippen LogP) is 1.06. The number of nitrogens with zero attached hydrogens (tertiary/aromatic N) is 1. The molecule has 0 aromatic carbocycles. The number of aryl methyl sites for hydroxylation is 2. The second-order valence-corrected chi connectivity index (χ2v) is 4.00. The van der Waals surface area contributed by atoms with Gasteiger partial charge in [0, 0.05) is 38.2 Å². The van der Waals surface area contributed by atoms with Crippen molar-refractivity contribution in [1.82, 2.24) is 0 Å². The van der Waals surface area contributed by atoms with Gasteiger partial charge in [-0.2, -0.15) is 0 Å². The van der Waals surface area contributed by atoms with Crippen LogP contribution >= 0.6 is 0 Å². The number of aliphatic hydroxyl groups is 2. The molecule has 1 aromatic rings. The zero-order chi connectivity index (χ0) is 11.6. The number of hydrogen-bond acceptors (Lipinski definition) is 2. The Labute approximate surface area is 97.4 Å². The normalized spacial score (nSPS) is 10.6. The van der Waals surface area contributed by atoms with E-state index in [1.807, 2.05) is 6.07 Å². The Morgan fingerprint density at radius 3 is 2.44 bits per heavy atom. The molecule has 0 saturated carbocycles. The highest BCUT2D eigenvalue weighted by Crippen LogP contribution is 2.00. The molecule has 1 aromatic heterocycles. The van der Waals surface area contributed by atoms with Gasteiger partial charge >= 0.3 is 0 Å². The molecule has 0 atom stereocenters. The molecule has 16 heavy (non-hydrogen) atoms. The highest BCUT2D eigenvalue weighted by atomic mass is 16.3. The van der Waals surface area contributed by atoms with Crippen molar-refractivity contribution < 1.29 is 14.8 Å². The van der Waals surface area contributed by atoms with Crippen LogP contribution in [0.4, 0.5) is 0 Å². The fraction of sp³-hybridized carbons (Fsp3) is 0.615. The lowest BCUT2D eigenvalue weighted by molar-refractivity contribution is -0.704. The monoisotopic (exact) mass is 224 g/mol. The van der Waals surface area contributed by atoms with Gasteiger partial charge in [0.1, 0.15) is 6.54 Å². The van der Waals surface area contributed by atoms with Crippen LogP contribution in [0.1, 0.15) is 31.4 Å². The smallest absolute Gasteiger partial charge is 0.181 e. The SMILES string of the molecule is OCCCCc1cccc[n+]1CCCCO. The van der Waals surface area contributed by atoms with Crippen LogP contribution in [0, 0.1) is 0 Å². The second-order valence-electron chi connectivity index (χ2n) is 4.00. The number of pyridine rings is 1. The summed E-state index contributed by atoms with van der Waals surface area (Å²) in [5, 5.41) is 17.5. The van der Waals surface area contributed by atoms with Crippen molar-refractivity contribution in [2.45, 2.75) is 38.6 Å². The summed E-state index contributed by atoms with van der Waals surface area (Å²) in [6.45, 7) is 1.51. The van der Waals surface area contributed by atoms with Crippen molar-refractivity contribution in [3.8, 4) is 0 Å². The molecule has 0 radical (unpaired) electrons. The van der Waals surface area contributed by atoms with E-state index in [0.717, 1.165) is 38.6 Å². The lowest BCUT2D eigenvalue weighted by Crippen LogP contribution is -2.38. The molecule has 1 heterocycles. The summed E-state index contributed by atoms with van der Waals surface area (Å²) < 4.78 is 2.24. The van der Waals surface area contributed by atoms with Gasteiger partial charge in [-0.3, -0.25) is 0 Å². The molecule has 3 nitrogen and oxygen atoms in total. The lowest BCUT2D eigenvalue weighted by atomic mass is 10.1. The highest BCUT2D eigenvalue weighted by molar-refractivity contribution is 4.97. The third-order valence-electron chi connectivity index (χ3n) is 2.68. The molecular weight excluding hydrogens is 202 g/mol. The van der Waals surface area contributed by atoms with Crippen molar-refractivity contribution in [3.63, 3.8) is 0 Å². The molecule has 0 bridgehead atoms. The zero-order valence-electron chi connectivity index (χ0n) is 9.81. The summed E-state index contributed by atoms with van der Waals surface area (Å²) in [6, 6.07) is 6.22. The topological polar surface area (TPSA) is 44.3 Å². The molecule has 0 fully saturated rings. The Balaban J connectivity index is 2.46. The molecule has 3 heteroatoms. The molecule has 0 unspecified atom stereocenters. The number of aromatic nitrogens is 1. The Bertz CT molecular complexity index is 260. The summed E-state index contributed by atoms with van der Waals surface area (Å²) >= 11 is 0. The zero-order valence-corrected chi connectivity index (χ0v) is 9.81.